The van der Waals surface area contributed by atoms with E-state index in [2.05, 4.69) is 15.2 Å². The van der Waals surface area contributed by atoms with Crippen molar-refractivity contribution in [2.75, 3.05) is 40.2 Å². The van der Waals surface area contributed by atoms with Gasteiger partial charge < -0.3 is 25.4 Å². The summed E-state index contributed by atoms with van der Waals surface area (Å²) >= 11 is 0. The van der Waals surface area contributed by atoms with E-state index in [-0.39, 0.29) is 30.0 Å². The number of anilines is 1. The summed E-state index contributed by atoms with van der Waals surface area (Å²) in [6.45, 7) is 2.57. The van der Waals surface area contributed by atoms with Gasteiger partial charge in [-0.15, -0.1) is 24.0 Å². The van der Waals surface area contributed by atoms with Crippen molar-refractivity contribution in [3.05, 3.63) is 53.6 Å². The van der Waals surface area contributed by atoms with Gasteiger partial charge in [-0.05, 0) is 50.8 Å². The van der Waals surface area contributed by atoms with Crippen molar-refractivity contribution >= 4 is 35.6 Å². The summed E-state index contributed by atoms with van der Waals surface area (Å²) in [5.74, 6) is 1.80. The largest absolute Gasteiger partial charge is 0.493 e. The minimum Gasteiger partial charge on any atom is -0.493 e. The minimum atomic E-state index is 0. The standard InChI is InChI=1S/C20H28N4O2.HI/c1-14-6-9-16(10-7-14)23-20(21)22-13-17(24(2)3)15-8-11-18(25-4)19(12-15)26-5;/h6-12,17H,13H2,1-5H3,(H3,21,22,23);1H. The van der Waals surface area contributed by atoms with E-state index in [1.165, 1.54) is 5.56 Å². The van der Waals surface area contributed by atoms with Crippen molar-refractivity contribution in [1.82, 2.24) is 4.90 Å². The van der Waals surface area contributed by atoms with Gasteiger partial charge in [-0.3, -0.25) is 4.99 Å². The van der Waals surface area contributed by atoms with Crippen LogP contribution in [-0.4, -0.2) is 45.7 Å². The lowest BCUT2D eigenvalue weighted by Gasteiger charge is -2.24. The van der Waals surface area contributed by atoms with Crippen molar-refractivity contribution in [1.29, 1.82) is 0 Å². The summed E-state index contributed by atoms with van der Waals surface area (Å²) in [7, 11) is 7.29. The fourth-order valence-electron chi connectivity index (χ4n) is 2.64. The number of likely N-dealkylation sites (N-methyl/N-ethyl adjacent to an activating group) is 1. The van der Waals surface area contributed by atoms with E-state index in [9.17, 15) is 0 Å². The first kappa shape index (κ1) is 23.0. The van der Waals surface area contributed by atoms with Gasteiger partial charge in [-0.25, -0.2) is 0 Å². The number of aliphatic imine (C=N–C) groups is 1. The molecule has 0 aliphatic rings. The van der Waals surface area contributed by atoms with Crippen LogP contribution in [0.4, 0.5) is 5.69 Å². The first-order valence-corrected chi connectivity index (χ1v) is 8.46. The Kier molecular flexibility index (Phi) is 9.37. The van der Waals surface area contributed by atoms with Crippen LogP contribution in [-0.2, 0) is 0 Å². The molecule has 3 N–H and O–H groups in total. The normalized spacial score (nSPS) is 12.3. The van der Waals surface area contributed by atoms with Gasteiger partial charge in [0.1, 0.15) is 0 Å². The molecule has 0 aliphatic carbocycles. The highest BCUT2D eigenvalue weighted by Crippen LogP contribution is 2.31. The molecule has 0 heterocycles. The highest BCUT2D eigenvalue weighted by atomic mass is 127. The molecule has 2 aromatic carbocycles. The Bertz CT molecular complexity index is 748. The van der Waals surface area contributed by atoms with Crippen LogP contribution in [0.5, 0.6) is 11.5 Å². The number of halogens is 1. The van der Waals surface area contributed by atoms with Crippen LogP contribution >= 0.6 is 24.0 Å². The molecule has 7 heteroatoms. The van der Waals surface area contributed by atoms with E-state index in [1.807, 2.05) is 63.5 Å². The van der Waals surface area contributed by atoms with Crippen LogP contribution in [0.25, 0.3) is 0 Å². The van der Waals surface area contributed by atoms with Crippen LogP contribution in [0.3, 0.4) is 0 Å². The second-order valence-corrected chi connectivity index (χ2v) is 6.31. The quantitative estimate of drug-likeness (QED) is 0.357. The molecule has 0 fully saturated rings. The number of nitrogens with zero attached hydrogens (tertiary/aromatic N) is 2. The fourth-order valence-corrected chi connectivity index (χ4v) is 2.64. The molecule has 1 atom stereocenters. The summed E-state index contributed by atoms with van der Waals surface area (Å²) in [5.41, 5.74) is 9.25. The molecule has 1 unspecified atom stereocenters. The van der Waals surface area contributed by atoms with E-state index in [1.54, 1.807) is 14.2 Å². The molecule has 0 bridgehead atoms. The number of ether oxygens (including phenoxy) is 2. The molecule has 0 radical (unpaired) electrons. The third-order valence-electron chi connectivity index (χ3n) is 4.17. The second kappa shape index (κ2) is 11.0. The summed E-state index contributed by atoms with van der Waals surface area (Å²) in [4.78, 5) is 6.61. The minimum absolute atomic E-state index is 0. The molecule has 148 valence electrons. The van der Waals surface area contributed by atoms with E-state index in [0.717, 1.165) is 11.3 Å². The van der Waals surface area contributed by atoms with E-state index in [0.29, 0.717) is 24.0 Å². The maximum Gasteiger partial charge on any atom is 0.193 e. The van der Waals surface area contributed by atoms with Crippen molar-refractivity contribution < 1.29 is 9.47 Å². The van der Waals surface area contributed by atoms with Gasteiger partial charge in [-0.1, -0.05) is 23.8 Å². The second-order valence-electron chi connectivity index (χ2n) is 6.31. The Labute approximate surface area is 178 Å². The van der Waals surface area contributed by atoms with E-state index in [4.69, 9.17) is 15.2 Å². The molecule has 0 aliphatic heterocycles. The smallest absolute Gasteiger partial charge is 0.193 e. The first-order chi connectivity index (χ1) is 12.4. The van der Waals surface area contributed by atoms with Crippen LogP contribution in [0.2, 0.25) is 0 Å². The van der Waals surface area contributed by atoms with E-state index < -0.39 is 0 Å². The first-order valence-electron chi connectivity index (χ1n) is 8.46. The number of aryl methyl sites for hydroxylation is 1. The third kappa shape index (κ3) is 6.59. The van der Waals surface area contributed by atoms with Gasteiger partial charge in [-0.2, -0.15) is 0 Å². The molecular weight excluding hydrogens is 455 g/mol. The Balaban J connectivity index is 0.00000364. The average Bonchev–Trinajstić information content (AvgIpc) is 2.63. The monoisotopic (exact) mass is 484 g/mol. The molecule has 0 saturated heterocycles. The van der Waals surface area contributed by atoms with Crippen LogP contribution in [0.15, 0.2) is 47.5 Å². The maximum atomic E-state index is 6.05. The van der Waals surface area contributed by atoms with Gasteiger partial charge in [0.05, 0.1) is 26.8 Å². The molecule has 0 amide bonds. The topological polar surface area (TPSA) is 72.1 Å². The molecule has 0 spiro atoms. The fraction of sp³-hybridized carbons (Fsp3) is 0.350. The van der Waals surface area contributed by atoms with Gasteiger partial charge in [0.2, 0.25) is 0 Å². The predicted molar refractivity (Wildman–Crippen MR) is 123 cm³/mol. The van der Waals surface area contributed by atoms with Crippen LogP contribution in [0.1, 0.15) is 17.2 Å². The van der Waals surface area contributed by atoms with Crippen molar-refractivity contribution in [2.24, 2.45) is 10.7 Å². The van der Waals surface area contributed by atoms with Gasteiger partial charge in [0.15, 0.2) is 17.5 Å². The number of benzene rings is 2. The maximum absolute atomic E-state index is 6.05. The Morgan fingerprint density at radius 2 is 1.70 bits per heavy atom. The number of rotatable bonds is 7. The molecule has 2 aromatic rings. The molecule has 2 rings (SSSR count). The molecular formula is C20H29IN4O2. The van der Waals surface area contributed by atoms with Crippen LogP contribution < -0.4 is 20.5 Å². The van der Waals surface area contributed by atoms with E-state index >= 15 is 0 Å². The average molecular weight is 484 g/mol. The molecule has 0 saturated carbocycles. The van der Waals surface area contributed by atoms with Gasteiger partial charge in [0.25, 0.3) is 0 Å². The number of nitrogens with one attached hydrogen (secondary N) is 1. The highest BCUT2D eigenvalue weighted by molar-refractivity contribution is 14.0. The zero-order valence-electron chi connectivity index (χ0n) is 16.5. The number of guanidine groups is 1. The molecule has 27 heavy (non-hydrogen) atoms. The molecule has 6 nitrogen and oxygen atoms in total. The lowest BCUT2D eigenvalue weighted by molar-refractivity contribution is 0.303. The number of hydrogen-bond donors (Lipinski definition) is 2. The number of nitrogens with two attached hydrogens (primary N) is 1. The number of methoxy groups -OCH3 is 2. The molecule has 0 aromatic heterocycles. The van der Waals surface area contributed by atoms with Gasteiger partial charge >= 0.3 is 0 Å². The summed E-state index contributed by atoms with van der Waals surface area (Å²) in [5, 5.41) is 3.12. The van der Waals surface area contributed by atoms with Crippen LogP contribution in [0, 0.1) is 6.92 Å². The SMILES string of the molecule is COc1ccc(C(CN=C(N)Nc2ccc(C)cc2)N(C)C)cc1OC.I. The Morgan fingerprint density at radius 3 is 2.26 bits per heavy atom. The van der Waals surface area contributed by atoms with Gasteiger partial charge in [0, 0.05) is 5.69 Å². The van der Waals surface area contributed by atoms with Crippen molar-refractivity contribution in [3.63, 3.8) is 0 Å². The lowest BCUT2D eigenvalue weighted by atomic mass is 10.1. The summed E-state index contributed by atoms with van der Waals surface area (Å²) in [6, 6.07) is 14.0. The van der Waals surface area contributed by atoms with Crippen molar-refractivity contribution in [2.45, 2.75) is 13.0 Å². The Hall–Kier alpha value is -2.00. The summed E-state index contributed by atoms with van der Waals surface area (Å²) < 4.78 is 10.7. The summed E-state index contributed by atoms with van der Waals surface area (Å²) in [6.07, 6.45) is 0. The zero-order valence-corrected chi connectivity index (χ0v) is 18.9. The number of hydrogen-bond acceptors (Lipinski definition) is 4. The lowest BCUT2D eigenvalue weighted by Crippen LogP contribution is -2.27. The zero-order chi connectivity index (χ0) is 19.1. The Morgan fingerprint density at radius 1 is 1.07 bits per heavy atom. The third-order valence-corrected chi connectivity index (χ3v) is 4.17. The van der Waals surface area contributed by atoms with Crippen molar-refractivity contribution in [3.8, 4) is 11.5 Å². The predicted octanol–water partition coefficient (Wildman–Crippen LogP) is 3.66. The highest BCUT2D eigenvalue weighted by Gasteiger charge is 2.16.